The van der Waals surface area contributed by atoms with Crippen molar-refractivity contribution in [1.82, 2.24) is 0 Å². The van der Waals surface area contributed by atoms with Crippen LogP contribution in [0.3, 0.4) is 0 Å². The number of hydrogen-bond donors (Lipinski definition) is 2. The maximum Gasteiger partial charge on any atom is 0.149 e. The predicted octanol–water partition coefficient (Wildman–Crippen LogP) is 1.42. The molecule has 1 aromatic carbocycles. The van der Waals surface area contributed by atoms with E-state index >= 15 is 0 Å². The van der Waals surface area contributed by atoms with Crippen molar-refractivity contribution < 1.29 is 19.0 Å². The van der Waals surface area contributed by atoms with Gasteiger partial charge in [-0.3, -0.25) is 0 Å². The lowest BCUT2D eigenvalue weighted by Gasteiger charge is -2.25. The highest BCUT2D eigenvalue weighted by atomic mass is 19.1. The van der Waals surface area contributed by atoms with Crippen LogP contribution < -0.4 is 4.90 Å². The molecule has 1 aromatic rings. The van der Waals surface area contributed by atoms with E-state index in [1.54, 1.807) is 4.90 Å². The Bertz CT molecular complexity index is 384. The van der Waals surface area contributed by atoms with Crippen molar-refractivity contribution in [1.29, 1.82) is 0 Å². The summed E-state index contributed by atoms with van der Waals surface area (Å²) in [5, 5.41) is 17.8. The highest BCUT2D eigenvalue weighted by molar-refractivity contribution is 5.52. The second-order valence-corrected chi connectivity index (χ2v) is 4.21. The zero-order chi connectivity index (χ0) is 12.4. The highest BCUT2D eigenvalue weighted by Crippen LogP contribution is 2.34. The minimum Gasteiger partial charge on any atom is -0.395 e. The lowest BCUT2D eigenvalue weighted by molar-refractivity contribution is 0.280. The van der Waals surface area contributed by atoms with Crippen LogP contribution in [0.4, 0.5) is 14.5 Å². The quantitative estimate of drug-likeness (QED) is 0.822. The summed E-state index contributed by atoms with van der Waals surface area (Å²) in [5.74, 6) is -1.37. The number of nitrogens with zero attached hydrogens (tertiary/aromatic N) is 1. The van der Waals surface area contributed by atoms with Gasteiger partial charge in [0.15, 0.2) is 0 Å². The van der Waals surface area contributed by atoms with Gasteiger partial charge < -0.3 is 15.1 Å². The van der Waals surface area contributed by atoms with E-state index in [1.807, 2.05) is 0 Å². The smallest absolute Gasteiger partial charge is 0.149 e. The van der Waals surface area contributed by atoms with Crippen molar-refractivity contribution in [3.8, 4) is 0 Å². The number of halogens is 2. The summed E-state index contributed by atoms with van der Waals surface area (Å²) >= 11 is 0. The van der Waals surface area contributed by atoms with Crippen LogP contribution >= 0.6 is 0 Å². The standard InChI is InChI=1S/C12H15F2NO2/c13-10-5-8(7-17)6-11(14)12(10)15(3-4-16)9-1-2-9/h5-6,9,16-17H,1-4,7H2. The van der Waals surface area contributed by atoms with Gasteiger partial charge in [-0.25, -0.2) is 8.78 Å². The summed E-state index contributed by atoms with van der Waals surface area (Å²) in [7, 11) is 0. The van der Waals surface area contributed by atoms with Gasteiger partial charge in [0.25, 0.3) is 0 Å². The Kier molecular flexibility index (Phi) is 3.59. The van der Waals surface area contributed by atoms with Crippen molar-refractivity contribution in [3.63, 3.8) is 0 Å². The predicted molar refractivity (Wildman–Crippen MR) is 59.7 cm³/mol. The monoisotopic (exact) mass is 243 g/mol. The average molecular weight is 243 g/mol. The SMILES string of the molecule is OCCN(c1c(F)cc(CO)cc1F)C1CC1. The first-order chi connectivity index (χ1) is 8.17. The Labute approximate surface area is 98.3 Å². The number of rotatable bonds is 5. The van der Waals surface area contributed by atoms with E-state index in [-0.39, 0.29) is 30.4 Å². The van der Waals surface area contributed by atoms with Gasteiger partial charge in [0.2, 0.25) is 0 Å². The van der Waals surface area contributed by atoms with E-state index in [0.717, 1.165) is 25.0 Å². The molecule has 0 unspecified atom stereocenters. The second kappa shape index (κ2) is 4.98. The molecule has 17 heavy (non-hydrogen) atoms. The molecule has 0 bridgehead atoms. The fourth-order valence-corrected chi connectivity index (χ4v) is 1.95. The molecule has 1 fully saturated rings. The highest BCUT2D eigenvalue weighted by Gasteiger charge is 2.32. The van der Waals surface area contributed by atoms with Gasteiger partial charge in [0.1, 0.15) is 17.3 Å². The zero-order valence-electron chi connectivity index (χ0n) is 9.37. The maximum absolute atomic E-state index is 13.8. The summed E-state index contributed by atoms with van der Waals surface area (Å²) in [6.45, 7) is -0.314. The zero-order valence-corrected chi connectivity index (χ0v) is 9.37. The third kappa shape index (κ3) is 2.56. The largest absolute Gasteiger partial charge is 0.395 e. The molecular formula is C12H15F2NO2. The summed E-state index contributed by atoms with van der Waals surface area (Å²) in [5.41, 5.74) is 0.113. The topological polar surface area (TPSA) is 43.7 Å². The maximum atomic E-state index is 13.8. The fourth-order valence-electron chi connectivity index (χ4n) is 1.95. The van der Waals surface area contributed by atoms with Gasteiger partial charge >= 0.3 is 0 Å². The van der Waals surface area contributed by atoms with Crippen LogP contribution in [0.25, 0.3) is 0 Å². The fraction of sp³-hybridized carbons (Fsp3) is 0.500. The number of hydrogen-bond acceptors (Lipinski definition) is 3. The molecule has 94 valence electrons. The number of aliphatic hydroxyl groups is 2. The van der Waals surface area contributed by atoms with E-state index < -0.39 is 18.2 Å². The third-order valence-corrected chi connectivity index (χ3v) is 2.88. The lowest BCUT2D eigenvalue weighted by atomic mass is 10.1. The minimum atomic E-state index is -0.686. The normalized spacial score (nSPS) is 15.1. The first kappa shape index (κ1) is 12.3. The van der Waals surface area contributed by atoms with E-state index in [0.29, 0.717) is 0 Å². The summed E-state index contributed by atoms with van der Waals surface area (Å²) < 4.78 is 27.6. The van der Waals surface area contributed by atoms with Gasteiger partial charge in [-0.15, -0.1) is 0 Å². The molecule has 1 aliphatic carbocycles. The molecule has 0 aromatic heterocycles. The van der Waals surface area contributed by atoms with E-state index in [1.165, 1.54) is 0 Å². The molecule has 0 atom stereocenters. The average Bonchev–Trinajstić information content (AvgIpc) is 3.10. The van der Waals surface area contributed by atoms with Crippen molar-refractivity contribution in [3.05, 3.63) is 29.3 Å². The molecule has 2 N–H and O–H groups in total. The third-order valence-electron chi connectivity index (χ3n) is 2.88. The molecule has 3 nitrogen and oxygen atoms in total. The Morgan fingerprint density at radius 3 is 2.18 bits per heavy atom. The molecule has 2 rings (SSSR count). The molecule has 0 heterocycles. The van der Waals surface area contributed by atoms with Gasteiger partial charge in [-0.2, -0.15) is 0 Å². The van der Waals surface area contributed by atoms with E-state index in [2.05, 4.69) is 0 Å². The van der Waals surface area contributed by atoms with Crippen molar-refractivity contribution >= 4 is 5.69 Å². The van der Waals surface area contributed by atoms with Gasteiger partial charge in [0, 0.05) is 12.6 Å². The molecule has 0 radical (unpaired) electrons. The van der Waals surface area contributed by atoms with Gasteiger partial charge in [0.05, 0.1) is 13.2 Å². The first-order valence-corrected chi connectivity index (χ1v) is 5.63. The molecule has 1 aliphatic rings. The van der Waals surface area contributed by atoms with Crippen molar-refractivity contribution in [2.45, 2.75) is 25.5 Å². The van der Waals surface area contributed by atoms with Crippen LogP contribution in [-0.2, 0) is 6.61 Å². The number of benzene rings is 1. The number of anilines is 1. The van der Waals surface area contributed by atoms with E-state index in [4.69, 9.17) is 10.2 Å². The second-order valence-electron chi connectivity index (χ2n) is 4.21. The molecule has 1 saturated carbocycles. The molecule has 0 amide bonds. The van der Waals surface area contributed by atoms with Crippen LogP contribution in [0, 0.1) is 11.6 Å². The number of aliphatic hydroxyl groups excluding tert-OH is 2. The van der Waals surface area contributed by atoms with Crippen LogP contribution in [0.15, 0.2) is 12.1 Å². The molecule has 0 spiro atoms. The van der Waals surface area contributed by atoms with Crippen LogP contribution in [-0.4, -0.2) is 29.4 Å². The Morgan fingerprint density at radius 1 is 1.18 bits per heavy atom. The van der Waals surface area contributed by atoms with E-state index in [9.17, 15) is 8.78 Å². The van der Waals surface area contributed by atoms with Crippen LogP contribution in [0.1, 0.15) is 18.4 Å². The van der Waals surface area contributed by atoms with Crippen molar-refractivity contribution in [2.75, 3.05) is 18.1 Å². The van der Waals surface area contributed by atoms with Crippen molar-refractivity contribution in [2.24, 2.45) is 0 Å². The lowest BCUT2D eigenvalue weighted by Crippen LogP contribution is -2.30. The van der Waals surface area contributed by atoms with Crippen LogP contribution in [0.2, 0.25) is 0 Å². The summed E-state index contributed by atoms with van der Waals surface area (Å²) in [4.78, 5) is 1.56. The summed E-state index contributed by atoms with van der Waals surface area (Å²) in [6, 6.07) is 2.38. The van der Waals surface area contributed by atoms with Gasteiger partial charge in [-0.1, -0.05) is 0 Å². The molecule has 5 heteroatoms. The first-order valence-electron chi connectivity index (χ1n) is 5.63. The molecule has 0 saturated heterocycles. The van der Waals surface area contributed by atoms with Crippen LogP contribution in [0.5, 0.6) is 0 Å². The molecule has 0 aliphatic heterocycles. The molecular weight excluding hydrogens is 228 g/mol. The Balaban J connectivity index is 2.35. The Morgan fingerprint density at radius 2 is 1.76 bits per heavy atom. The minimum absolute atomic E-state index is 0.0984. The Hall–Kier alpha value is -1.20. The summed E-state index contributed by atoms with van der Waals surface area (Å²) in [6.07, 6.45) is 1.78. The van der Waals surface area contributed by atoms with Gasteiger partial charge in [-0.05, 0) is 30.5 Å².